The van der Waals surface area contributed by atoms with Crippen LogP contribution in [0.15, 0.2) is 72.8 Å². The molecule has 0 N–H and O–H groups in total. The minimum absolute atomic E-state index is 0.375. The number of aryl methyl sites for hydroxylation is 1. The number of rotatable bonds is 8. The summed E-state index contributed by atoms with van der Waals surface area (Å²) in [5, 5.41) is 0. The van der Waals surface area contributed by atoms with Crippen molar-refractivity contribution < 1.29 is 14.3 Å². The molecule has 0 bridgehead atoms. The molecular formula is C25H26O3. The van der Waals surface area contributed by atoms with Crippen molar-refractivity contribution in [1.82, 2.24) is 0 Å². The standard InChI is InChI=1S/C25H26O3/c1-3-5-18-27-23-14-12-22(13-15-23)25(26)28-24-16-10-21(11-17-24)20-8-6-19(4-2)7-9-20/h6-17H,3-5,18H2,1-2H3. The molecule has 0 saturated heterocycles. The van der Waals surface area contributed by atoms with Gasteiger partial charge in [0.15, 0.2) is 0 Å². The van der Waals surface area contributed by atoms with Gasteiger partial charge in [0.05, 0.1) is 12.2 Å². The summed E-state index contributed by atoms with van der Waals surface area (Å²) in [4.78, 5) is 12.3. The molecule has 0 amide bonds. The number of carbonyl (C=O) groups excluding carboxylic acids is 1. The van der Waals surface area contributed by atoms with Gasteiger partial charge in [0.2, 0.25) is 0 Å². The van der Waals surface area contributed by atoms with Crippen LogP contribution in [0.1, 0.15) is 42.6 Å². The maximum atomic E-state index is 12.3. The largest absolute Gasteiger partial charge is 0.494 e. The molecule has 0 saturated carbocycles. The average Bonchev–Trinajstić information content (AvgIpc) is 2.75. The van der Waals surface area contributed by atoms with Gasteiger partial charge in [-0.15, -0.1) is 0 Å². The lowest BCUT2D eigenvalue weighted by molar-refractivity contribution is 0.0734. The molecule has 0 atom stereocenters. The van der Waals surface area contributed by atoms with E-state index >= 15 is 0 Å². The fourth-order valence-corrected chi connectivity index (χ4v) is 2.84. The van der Waals surface area contributed by atoms with Crippen LogP contribution in [-0.2, 0) is 6.42 Å². The van der Waals surface area contributed by atoms with Crippen LogP contribution < -0.4 is 9.47 Å². The fourth-order valence-electron chi connectivity index (χ4n) is 2.84. The van der Waals surface area contributed by atoms with E-state index in [1.54, 1.807) is 24.3 Å². The Bertz CT molecular complexity index is 879. The summed E-state index contributed by atoms with van der Waals surface area (Å²) in [6.07, 6.45) is 3.14. The van der Waals surface area contributed by atoms with Crippen molar-refractivity contribution in [2.24, 2.45) is 0 Å². The fraction of sp³-hybridized carbons (Fsp3) is 0.240. The van der Waals surface area contributed by atoms with Gasteiger partial charge in [-0.1, -0.05) is 56.7 Å². The maximum absolute atomic E-state index is 12.3. The highest BCUT2D eigenvalue weighted by Crippen LogP contribution is 2.24. The van der Waals surface area contributed by atoms with Crippen molar-refractivity contribution in [3.8, 4) is 22.6 Å². The van der Waals surface area contributed by atoms with Gasteiger partial charge in [-0.25, -0.2) is 4.79 Å². The Kier molecular flexibility index (Phi) is 6.85. The highest BCUT2D eigenvalue weighted by Gasteiger charge is 2.09. The van der Waals surface area contributed by atoms with E-state index in [4.69, 9.17) is 9.47 Å². The molecule has 0 aromatic heterocycles. The van der Waals surface area contributed by atoms with E-state index < -0.39 is 0 Å². The Morgan fingerprint density at radius 1 is 0.750 bits per heavy atom. The molecule has 3 nitrogen and oxygen atoms in total. The van der Waals surface area contributed by atoms with Crippen LogP contribution in [0.5, 0.6) is 11.5 Å². The van der Waals surface area contributed by atoms with Crippen LogP contribution in [-0.4, -0.2) is 12.6 Å². The number of benzene rings is 3. The molecule has 0 aliphatic carbocycles. The number of ether oxygens (including phenoxy) is 2. The van der Waals surface area contributed by atoms with Crippen molar-refractivity contribution in [3.63, 3.8) is 0 Å². The van der Waals surface area contributed by atoms with Crippen LogP contribution in [0.3, 0.4) is 0 Å². The monoisotopic (exact) mass is 374 g/mol. The molecular weight excluding hydrogens is 348 g/mol. The molecule has 3 aromatic rings. The van der Waals surface area contributed by atoms with E-state index in [0.717, 1.165) is 36.1 Å². The number of hydrogen-bond donors (Lipinski definition) is 0. The molecule has 0 fully saturated rings. The van der Waals surface area contributed by atoms with Gasteiger partial charge in [0.1, 0.15) is 11.5 Å². The minimum atomic E-state index is -0.375. The first kappa shape index (κ1) is 19.7. The van der Waals surface area contributed by atoms with Gasteiger partial charge in [0, 0.05) is 0 Å². The van der Waals surface area contributed by atoms with Gasteiger partial charge in [0.25, 0.3) is 0 Å². The third-order valence-electron chi connectivity index (χ3n) is 4.62. The smallest absolute Gasteiger partial charge is 0.343 e. The lowest BCUT2D eigenvalue weighted by Gasteiger charge is -2.08. The second-order valence-electron chi connectivity index (χ2n) is 6.69. The molecule has 28 heavy (non-hydrogen) atoms. The third-order valence-corrected chi connectivity index (χ3v) is 4.62. The van der Waals surface area contributed by atoms with Crippen molar-refractivity contribution >= 4 is 5.97 Å². The predicted molar refractivity (Wildman–Crippen MR) is 113 cm³/mol. The summed E-state index contributed by atoms with van der Waals surface area (Å²) in [5.41, 5.74) is 4.06. The SMILES string of the molecule is CCCCOc1ccc(C(=O)Oc2ccc(-c3ccc(CC)cc3)cc2)cc1. The van der Waals surface area contributed by atoms with Crippen LogP contribution in [0, 0.1) is 0 Å². The molecule has 0 aliphatic rings. The van der Waals surface area contributed by atoms with Gasteiger partial charge in [-0.2, -0.15) is 0 Å². The summed E-state index contributed by atoms with van der Waals surface area (Å²) >= 11 is 0. The van der Waals surface area contributed by atoms with Crippen LogP contribution >= 0.6 is 0 Å². The van der Waals surface area contributed by atoms with E-state index in [1.165, 1.54) is 5.56 Å². The highest BCUT2D eigenvalue weighted by molar-refractivity contribution is 5.91. The molecule has 3 aromatic carbocycles. The second kappa shape index (κ2) is 9.75. The topological polar surface area (TPSA) is 35.5 Å². The Morgan fingerprint density at radius 2 is 1.32 bits per heavy atom. The first-order valence-corrected chi connectivity index (χ1v) is 9.84. The van der Waals surface area contributed by atoms with Crippen LogP contribution in [0.2, 0.25) is 0 Å². The van der Waals surface area contributed by atoms with Crippen molar-refractivity contribution in [2.75, 3.05) is 6.61 Å². The molecule has 0 radical (unpaired) electrons. The molecule has 144 valence electrons. The maximum Gasteiger partial charge on any atom is 0.343 e. The summed E-state index contributed by atoms with van der Waals surface area (Å²) in [5.74, 6) is 0.922. The number of carbonyl (C=O) groups is 1. The lowest BCUT2D eigenvalue weighted by Crippen LogP contribution is -2.08. The van der Waals surface area contributed by atoms with Crippen molar-refractivity contribution in [2.45, 2.75) is 33.1 Å². The molecule has 3 rings (SSSR count). The average molecular weight is 374 g/mol. The third kappa shape index (κ3) is 5.23. The number of unbranched alkanes of at least 4 members (excludes halogenated alkanes) is 1. The zero-order valence-electron chi connectivity index (χ0n) is 16.5. The van der Waals surface area contributed by atoms with E-state index in [1.807, 2.05) is 24.3 Å². The van der Waals surface area contributed by atoms with Gasteiger partial charge >= 0.3 is 5.97 Å². The first-order chi connectivity index (χ1) is 13.7. The molecule has 0 heterocycles. The van der Waals surface area contributed by atoms with Gasteiger partial charge in [-0.05, 0) is 65.9 Å². The van der Waals surface area contributed by atoms with Crippen molar-refractivity contribution in [1.29, 1.82) is 0 Å². The van der Waals surface area contributed by atoms with Crippen molar-refractivity contribution in [3.05, 3.63) is 83.9 Å². The number of esters is 1. The second-order valence-corrected chi connectivity index (χ2v) is 6.69. The highest BCUT2D eigenvalue weighted by atomic mass is 16.5. The predicted octanol–water partition coefficient (Wildman–Crippen LogP) is 6.31. The lowest BCUT2D eigenvalue weighted by atomic mass is 10.0. The molecule has 3 heteroatoms. The quantitative estimate of drug-likeness (QED) is 0.263. The van der Waals surface area contributed by atoms with E-state index in [-0.39, 0.29) is 5.97 Å². The molecule has 0 spiro atoms. The Hall–Kier alpha value is -3.07. The zero-order chi connectivity index (χ0) is 19.8. The number of hydrogen-bond acceptors (Lipinski definition) is 3. The summed E-state index contributed by atoms with van der Waals surface area (Å²) in [7, 11) is 0. The summed E-state index contributed by atoms with van der Waals surface area (Å²) in [6.45, 7) is 4.95. The Labute approximate surface area is 166 Å². The van der Waals surface area contributed by atoms with Gasteiger partial charge in [-0.3, -0.25) is 0 Å². The van der Waals surface area contributed by atoms with Crippen LogP contribution in [0.4, 0.5) is 0 Å². The molecule has 0 aliphatic heterocycles. The van der Waals surface area contributed by atoms with E-state index in [2.05, 4.69) is 38.1 Å². The summed E-state index contributed by atoms with van der Waals surface area (Å²) < 4.78 is 11.1. The van der Waals surface area contributed by atoms with Gasteiger partial charge < -0.3 is 9.47 Å². The molecule has 0 unspecified atom stereocenters. The Morgan fingerprint density at radius 3 is 1.89 bits per heavy atom. The zero-order valence-corrected chi connectivity index (χ0v) is 16.5. The summed E-state index contributed by atoms with van der Waals surface area (Å²) in [6, 6.07) is 23.1. The first-order valence-electron chi connectivity index (χ1n) is 9.84. The van der Waals surface area contributed by atoms with Crippen LogP contribution in [0.25, 0.3) is 11.1 Å². The van der Waals surface area contributed by atoms with E-state index in [0.29, 0.717) is 17.9 Å². The minimum Gasteiger partial charge on any atom is -0.494 e. The Balaban J connectivity index is 1.60. The van der Waals surface area contributed by atoms with E-state index in [9.17, 15) is 4.79 Å². The normalized spacial score (nSPS) is 10.5.